The summed E-state index contributed by atoms with van der Waals surface area (Å²) in [7, 11) is 3.71. The third-order valence-corrected chi connectivity index (χ3v) is 5.42. The third-order valence-electron chi connectivity index (χ3n) is 3.68. The van der Waals surface area contributed by atoms with Gasteiger partial charge in [-0.15, -0.1) is 10.2 Å². The maximum atomic E-state index is 12.3. The molecule has 3 aromatic rings. The Morgan fingerprint density at radius 1 is 1.42 bits per heavy atom. The van der Waals surface area contributed by atoms with Gasteiger partial charge in [0.15, 0.2) is 11.0 Å². The van der Waals surface area contributed by atoms with Gasteiger partial charge in [-0.1, -0.05) is 11.8 Å². The van der Waals surface area contributed by atoms with Gasteiger partial charge >= 0.3 is 0 Å². The molecule has 24 heavy (non-hydrogen) atoms. The lowest BCUT2D eigenvalue weighted by Crippen LogP contribution is -2.27. The normalized spacial score (nSPS) is 11.0. The molecule has 0 saturated carbocycles. The van der Waals surface area contributed by atoms with E-state index < -0.39 is 0 Å². The molecule has 1 amide bonds. The summed E-state index contributed by atoms with van der Waals surface area (Å²) >= 11 is 3.03. The Balaban J connectivity index is 1.62. The van der Waals surface area contributed by atoms with Crippen molar-refractivity contribution in [3.8, 4) is 11.4 Å². The fraction of sp³-hybridized carbons (Fsp3) is 0.312. The molecule has 0 saturated heterocycles. The molecule has 8 heteroatoms. The van der Waals surface area contributed by atoms with E-state index in [1.807, 2.05) is 43.1 Å². The number of thioether (sulfide) groups is 1. The Kier molecular flexibility index (Phi) is 5.06. The summed E-state index contributed by atoms with van der Waals surface area (Å²) in [5, 5.41) is 13.2. The van der Waals surface area contributed by atoms with Crippen LogP contribution in [-0.2, 0) is 18.4 Å². The number of nitrogens with zero attached hydrogens (tertiary/aromatic N) is 4. The van der Waals surface area contributed by atoms with Crippen LogP contribution in [0.3, 0.4) is 0 Å². The molecule has 0 aliphatic carbocycles. The molecule has 3 rings (SSSR count). The lowest BCUT2D eigenvalue weighted by molar-refractivity contribution is -0.127. The first-order chi connectivity index (χ1) is 11.6. The maximum absolute atomic E-state index is 12.3. The van der Waals surface area contributed by atoms with Crippen LogP contribution >= 0.6 is 23.1 Å². The second kappa shape index (κ2) is 7.23. The average molecular weight is 362 g/mol. The van der Waals surface area contributed by atoms with Crippen LogP contribution in [0.2, 0.25) is 0 Å². The van der Waals surface area contributed by atoms with Gasteiger partial charge in [0, 0.05) is 20.6 Å². The van der Waals surface area contributed by atoms with Crippen LogP contribution in [0.5, 0.6) is 0 Å². The van der Waals surface area contributed by atoms with Crippen molar-refractivity contribution in [1.29, 1.82) is 0 Å². The van der Waals surface area contributed by atoms with E-state index in [0.717, 1.165) is 22.7 Å². The molecule has 0 aliphatic heterocycles. The molecule has 0 atom stereocenters. The van der Waals surface area contributed by atoms with Gasteiger partial charge in [0.2, 0.25) is 5.91 Å². The highest BCUT2D eigenvalue weighted by Crippen LogP contribution is 2.25. The number of aryl methyl sites for hydroxylation is 1. The van der Waals surface area contributed by atoms with Crippen molar-refractivity contribution in [2.24, 2.45) is 7.05 Å². The molecule has 3 aromatic heterocycles. The monoisotopic (exact) mass is 362 g/mol. The standard InChI is InChI=1S/C16H18N4O2S2/c1-11-13(4-6-22-11)15-17-18-16(20(15)3)24-10-14(21)19(2)8-12-5-7-23-9-12/h4-7,9H,8,10H2,1-3H3. The van der Waals surface area contributed by atoms with Crippen LogP contribution in [0.4, 0.5) is 0 Å². The number of hydrogen-bond acceptors (Lipinski definition) is 6. The summed E-state index contributed by atoms with van der Waals surface area (Å²) in [6, 6.07) is 3.90. The summed E-state index contributed by atoms with van der Waals surface area (Å²) in [4.78, 5) is 14.0. The lowest BCUT2D eigenvalue weighted by Gasteiger charge is -2.15. The molecule has 3 heterocycles. The largest absolute Gasteiger partial charge is 0.469 e. The molecular formula is C16H18N4O2S2. The number of carbonyl (C=O) groups is 1. The van der Waals surface area contributed by atoms with E-state index in [1.54, 1.807) is 22.5 Å². The van der Waals surface area contributed by atoms with Gasteiger partial charge < -0.3 is 13.9 Å². The number of furan rings is 1. The molecule has 0 aromatic carbocycles. The lowest BCUT2D eigenvalue weighted by atomic mass is 10.2. The Labute approximate surface area is 148 Å². The zero-order valence-electron chi connectivity index (χ0n) is 13.7. The first-order valence-corrected chi connectivity index (χ1v) is 9.31. The van der Waals surface area contributed by atoms with E-state index in [-0.39, 0.29) is 5.91 Å². The molecule has 0 fully saturated rings. The van der Waals surface area contributed by atoms with Crippen molar-refractivity contribution >= 4 is 29.0 Å². The van der Waals surface area contributed by atoms with E-state index in [4.69, 9.17) is 4.42 Å². The molecule has 6 nitrogen and oxygen atoms in total. The second-order valence-corrected chi connectivity index (χ2v) is 7.15. The molecule has 0 unspecified atom stereocenters. The molecule has 0 N–H and O–H groups in total. The number of amides is 1. The van der Waals surface area contributed by atoms with Crippen LogP contribution in [0, 0.1) is 6.92 Å². The number of hydrogen-bond donors (Lipinski definition) is 0. The van der Waals surface area contributed by atoms with E-state index in [0.29, 0.717) is 17.5 Å². The Morgan fingerprint density at radius 2 is 2.25 bits per heavy atom. The summed E-state index contributed by atoms with van der Waals surface area (Å²) < 4.78 is 7.20. The van der Waals surface area contributed by atoms with Crippen LogP contribution < -0.4 is 0 Å². The summed E-state index contributed by atoms with van der Waals surface area (Å²) in [5.41, 5.74) is 2.06. The van der Waals surface area contributed by atoms with Crippen LogP contribution in [0.15, 0.2) is 38.7 Å². The van der Waals surface area contributed by atoms with Gasteiger partial charge in [-0.3, -0.25) is 4.79 Å². The average Bonchev–Trinajstić information content (AvgIpc) is 3.28. The number of thiophene rings is 1. The van der Waals surface area contributed by atoms with Crippen LogP contribution in [0.25, 0.3) is 11.4 Å². The fourth-order valence-corrected chi connectivity index (χ4v) is 3.78. The smallest absolute Gasteiger partial charge is 0.233 e. The van der Waals surface area contributed by atoms with E-state index in [9.17, 15) is 4.79 Å². The maximum Gasteiger partial charge on any atom is 0.233 e. The second-order valence-electron chi connectivity index (χ2n) is 5.43. The highest BCUT2D eigenvalue weighted by Gasteiger charge is 2.17. The van der Waals surface area contributed by atoms with E-state index >= 15 is 0 Å². The zero-order chi connectivity index (χ0) is 17.1. The highest BCUT2D eigenvalue weighted by atomic mass is 32.2. The van der Waals surface area contributed by atoms with Crippen molar-refractivity contribution in [2.75, 3.05) is 12.8 Å². The quantitative estimate of drug-likeness (QED) is 0.630. The van der Waals surface area contributed by atoms with Gasteiger partial charge in [0.25, 0.3) is 0 Å². The van der Waals surface area contributed by atoms with Gasteiger partial charge in [-0.05, 0) is 35.4 Å². The summed E-state index contributed by atoms with van der Waals surface area (Å²) in [6.45, 7) is 2.51. The van der Waals surface area contributed by atoms with Gasteiger partial charge in [0.05, 0.1) is 17.6 Å². The van der Waals surface area contributed by atoms with Crippen LogP contribution in [0.1, 0.15) is 11.3 Å². The van der Waals surface area contributed by atoms with Crippen LogP contribution in [-0.4, -0.2) is 38.4 Å². The molecule has 0 spiro atoms. The first-order valence-electron chi connectivity index (χ1n) is 7.38. The summed E-state index contributed by atoms with van der Waals surface area (Å²) in [5.74, 6) is 1.93. The molecule has 0 radical (unpaired) electrons. The van der Waals surface area contributed by atoms with E-state index in [1.165, 1.54) is 11.8 Å². The molecule has 0 bridgehead atoms. The van der Waals surface area contributed by atoms with Gasteiger partial charge in [-0.2, -0.15) is 11.3 Å². The molecule has 126 valence electrons. The minimum Gasteiger partial charge on any atom is -0.469 e. The number of aromatic nitrogens is 3. The summed E-state index contributed by atoms with van der Waals surface area (Å²) in [6.07, 6.45) is 1.63. The highest BCUT2D eigenvalue weighted by molar-refractivity contribution is 7.99. The van der Waals surface area contributed by atoms with Crippen molar-refractivity contribution < 1.29 is 9.21 Å². The Bertz CT molecular complexity index is 823. The van der Waals surface area contributed by atoms with Gasteiger partial charge in [-0.25, -0.2) is 0 Å². The SMILES string of the molecule is Cc1occc1-c1nnc(SCC(=O)N(C)Cc2ccsc2)n1C. The topological polar surface area (TPSA) is 64.2 Å². The van der Waals surface area contributed by atoms with Crippen molar-refractivity contribution in [3.05, 3.63) is 40.5 Å². The number of rotatable bonds is 6. The van der Waals surface area contributed by atoms with Gasteiger partial charge in [0.1, 0.15) is 5.76 Å². The fourth-order valence-electron chi connectivity index (χ4n) is 2.27. The Hall–Kier alpha value is -2.06. The Morgan fingerprint density at radius 3 is 2.92 bits per heavy atom. The third kappa shape index (κ3) is 3.54. The first kappa shape index (κ1) is 16.8. The predicted octanol–water partition coefficient (Wildman–Crippen LogP) is 3.20. The predicted molar refractivity (Wildman–Crippen MR) is 95.0 cm³/mol. The zero-order valence-corrected chi connectivity index (χ0v) is 15.4. The van der Waals surface area contributed by atoms with Crippen molar-refractivity contribution in [3.63, 3.8) is 0 Å². The molecule has 0 aliphatic rings. The molecular weight excluding hydrogens is 344 g/mol. The minimum absolute atomic E-state index is 0.0650. The minimum atomic E-state index is 0.0650. The number of carbonyl (C=O) groups excluding carboxylic acids is 1. The van der Waals surface area contributed by atoms with E-state index in [2.05, 4.69) is 15.6 Å². The van der Waals surface area contributed by atoms with Crippen molar-refractivity contribution in [1.82, 2.24) is 19.7 Å². The van der Waals surface area contributed by atoms with Crippen molar-refractivity contribution in [2.45, 2.75) is 18.6 Å².